The molecule has 6 nitrogen and oxygen atoms in total. The first-order chi connectivity index (χ1) is 31.0. The van der Waals surface area contributed by atoms with E-state index in [9.17, 15) is 14.4 Å². The van der Waals surface area contributed by atoms with E-state index in [0.717, 1.165) is 64.2 Å². The molecule has 0 bridgehead atoms. The van der Waals surface area contributed by atoms with Gasteiger partial charge in [-0.15, -0.1) is 0 Å². The molecule has 0 aromatic heterocycles. The molecule has 0 aromatic carbocycles. The second-order valence-electron chi connectivity index (χ2n) is 18.5. The molecule has 0 heterocycles. The molecule has 0 aliphatic carbocycles. The number of unbranched alkanes of at least 4 members (excludes halogenated alkanes) is 34. The second kappa shape index (κ2) is 52.3. The van der Waals surface area contributed by atoms with Gasteiger partial charge in [0.25, 0.3) is 0 Å². The van der Waals surface area contributed by atoms with E-state index in [0.29, 0.717) is 19.3 Å². The Kier molecular flexibility index (Phi) is 50.3. The molecule has 6 heteroatoms. The van der Waals surface area contributed by atoms with E-state index in [4.69, 9.17) is 14.2 Å². The van der Waals surface area contributed by atoms with Gasteiger partial charge in [-0.3, -0.25) is 14.4 Å². The van der Waals surface area contributed by atoms with Crippen LogP contribution in [0.3, 0.4) is 0 Å². The zero-order valence-electron chi connectivity index (χ0n) is 42.1. The van der Waals surface area contributed by atoms with Gasteiger partial charge in [-0.05, 0) is 70.6 Å². The van der Waals surface area contributed by atoms with Crippen LogP contribution < -0.4 is 0 Å². The number of allylic oxidation sites excluding steroid dienone is 6. The number of carbonyl (C=O) groups excluding carboxylic acids is 3. The van der Waals surface area contributed by atoms with Crippen LogP contribution in [0.4, 0.5) is 0 Å². The van der Waals surface area contributed by atoms with E-state index in [1.165, 1.54) is 186 Å². The highest BCUT2D eigenvalue weighted by Crippen LogP contribution is 2.16. The van der Waals surface area contributed by atoms with Crippen molar-refractivity contribution in [2.24, 2.45) is 0 Å². The minimum Gasteiger partial charge on any atom is -0.462 e. The number of hydrogen-bond acceptors (Lipinski definition) is 6. The molecule has 1 atom stereocenters. The molecule has 0 aliphatic rings. The Morgan fingerprint density at radius 2 is 0.571 bits per heavy atom. The van der Waals surface area contributed by atoms with Gasteiger partial charge in [-0.25, -0.2) is 0 Å². The lowest BCUT2D eigenvalue weighted by atomic mass is 10.0. The Labute approximate surface area is 391 Å². The summed E-state index contributed by atoms with van der Waals surface area (Å²) in [6.07, 6.45) is 61.2. The summed E-state index contributed by atoms with van der Waals surface area (Å²) < 4.78 is 16.8. The quantitative estimate of drug-likeness (QED) is 0.0199. The maximum atomic E-state index is 12.8. The Morgan fingerprint density at radius 1 is 0.317 bits per heavy atom. The number of carbonyl (C=O) groups is 3. The van der Waals surface area contributed by atoms with Crippen LogP contribution in [0.25, 0.3) is 0 Å². The van der Waals surface area contributed by atoms with Crippen LogP contribution in [0, 0.1) is 0 Å². The molecule has 0 aliphatic heterocycles. The maximum Gasteiger partial charge on any atom is 0.306 e. The molecule has 368 valence electrons. The van der Waals surface area contributed by atoms with Gasteiger partial charge in [0.15, 0.2) is 6.10 Å². The first kappa shape index (κ1) is 60.6. The Hall–Kier alpha value is -2.37. The summed E-state index contributed by atoms with van der Waals surface area (Å²) in [5.74, 6) is -0.878. The van der Waals surface area contributed by atoms with Gasteiger partial charge in [0.05, 0.1) is 0 Å². The average molecular weight is 885 g/mol. The lowest BCUT2D eigenvalue weighted by molar-refractivity contribution is -0.167. The number of hydrogen-bond donors (Lipinski definition) is 0. The van der Waals surface area contributed by atoms with Gasteiger partial charge in [0.1, 0.15) is 13.2 Å². The van der Waals surface area contributed by atoms with Crippen molar-refractivity contribution in [3.05, 3.63) is 36.5 Å². The van der Waals surface area contributed by atoms with Crippen molar-refractivity contribution in [2.75, 3.05) is 13.2 Å². The van der Waals surface area contributed by atoms with Gasteiger partial charge >= 0.3 is 17.9 Å². The predicted molar refractivity (Wildman–Crippen MR) is 270 cm³/mol. The van der Waals surface area contributed by atoms with Gasteiger partial charge in [0, 0.05) is 19.3 Å². The van der Waals surface area contributed by atoms with E-state index in [2.05, 4.69) is 57.2 Å². The van der Waals surface area contributed by atoms with E-state index in [1.54, 1.807) is 0 Å². The largest absolute Gasteiger partial charge is 0.462 e. The molecule has 0 saturated heterocycles. The molecule has 0 N–H and O–H groups in total. The van der Waals surface area contributed by atoms with Crippen molar-refractivity contribution in [1.82, 2.24) is 0 Å². The van der Waals surface area contributed by atoms with Gasteiger partial charge in [-0.1, -0.05) is 237 Å². The Bertz CT molecular complexity index is 1060. The van der Waals surface area contributed by atoms with Crippen molar-refractivity contribution in [2.45, 2.75) is 297 Å². The maximum absolute atomic E-state index is 12.8. The van der Waals surface area contributed by atoms with Crippen molar-refractivity contribution < 1.29 is 28.6 Å². The highest BCUT2D eigenvalue weighted by atomic mass is 16.6. The van der Waals surface area contributed by atoms with Crippen LogP contribution in [0.5, 0.6) is 0 Å². The van der Waals surface area contributed by atoms with E-state index in [-0.39, 0.29) is 31.1 Å². The minimum atomic E-state index is -0.776. The summed E-state index contributed by atoms with van der Waals surface area (Å²) in [5.41, 5.74) is 0. The van der Waals surface area contributed by atoms with E-state index in [1.807, 2.05) is 0 Å². The Morgan fingerprint density at radius 3 is 0.921 bits per heavy atom. The summed E-state index contributed by atoms with van der Waals surface area (Å²) in [6.45, 7) is 6.62. The summed E-state index contributed by atoms with van der Waals surface area (Å²) in [6, 6.07) is 0. The summed E-state index contributed by atoms with van der Waals surface area (Å²) >= 11 is 0. The van der Waals surface area contributed by atoms with Crippen molar-refractivity contribution in [3.8, 4) is 0 Å². The smallest absolute Gasteiger partial charge is 0.306 e. The highest BCUT2D eigenvalue weighted by molar-refractivity contribution is 5.71. The summed E-state index contributed by atoms with van der Waals surface area (Å²) in [4.78, 5) is 38.0. The normalized spacial score (nSPS) is 12.2. The molecule has 63 heavy (non-hydrogen) atoms. The molecule has 0 fully saturated rings. The first-order valence-electron chi connectivity index (χ1n) is 27.5. The molecule has 0 spiro atoms. The third kappa shape index (κ3) is 50.5. The molecular formula is C57H104O6. The number of esters is 3. The van der Waals surface area contributed by atoms with Crippen molar-refractivity contribution in [3.63, 3.8) is 0 Å². The first-order valence-corrected chi connectivity index (χ1v) is 27.5. The van der Waals surface area contributed by atoms with Gasteiger partial charge < -0.3 is 14.2 Å². The SMILES string of the molecule is CCCCC/C=C\C=C/CCCCCCCCC(=O)OC(COC(=O)CCCCCCCCC/C=C\CCCCCCCC)COC(=O)CCCCCCCCCCCCCCC. The third-order valence-electron chi connectivity index (χ3n) is 12.1. The summed E-state index contributed by atoms with van der Waals surface area (Å²) in [5, 5.41) is 0. The van der Waals surface area contributed by atoms with Crippen LogP contribution in [0.15, 0.2) is 36.5 Å². The predicted octanol–water partition coefficient (Wildman–Crippen LogP) is 18.1. The topological polar surface area (TPSA) is 78.9 Å². The standard InChI is InChI=1S/C57H104O6/c1-4-7-10-13-16-19-22-25-27-28-30-32-35-38-41-44-47-50-56(59)62-53-54(52-61-55(58)49-46-43-40-37-34-31-24-21-18-15-12-9-6-3)63-57(60)51-48-45-42-39-36-33-29-26-23-20-17-14-11-8-5-2/h17,20,23,25-27,54H,4-16,18-19,21-22,24,28-53H2,1-3H3/b20-17-,26-23-,27-25-. The van der Waals surface area contributed by atoms with Crippen LogP contribution >= 0.6 is 0 Å². The summed E-state index contributed by atoms with van der Waals surface area (Å²) in [7, 11) is 0. The number of ether oxygens (including phenoxy) is 3. The van der Waals surface area contributed by atoms with Crippen molar-refractivity contribution in [1.29, 1.82) is 0 Å². The fourth-order valence-corrected chi connectivity index (χ4v) is 7.96. The molecule has 1 unspecified atom stereocenters. The molecular weight excluding hydrogens is 781 g/mol. The minimum absolute atomic E-state index is 0.0751. The van der Waals surface area contributed by atoms with E-state index < -0.39 is 6.10 Å². The zero-order chi connectivity index (χ0) is 45.8. The van der Waals surface area contributed by atoms with Gasteiger partial charge in [-0.2, -0.15) is 0 Å². The molecule has 0 radical (unpaired) electrons. The molecule has 0 saturated carbocycles. The average Bonchev–Trinajstić information content (AvgIpc) is 3.28. The number of rotatable bonds is 50. The molecule has 0 rings (SSSR count). The van der Waals surface area contributed by atoms with Crippen LogP contribution in [-0.2, 0) is 28.6 Å². The molecule has 0 aromatic rings. The monoisotopic (exact) mass is 885 g/mol. The van der Waals surface area contributed by atoms with Crippen LogP contribution in [0.2, 0.25) is 0 Å². The third-order valence-corrected chi connectivity index (χ3v) is 12.1. The Balaban J connectivity index is 4.36. The van der Waals surface area contributed by atoms with Crippen LogP contribution in [-0.4, -0.2) is 37.2 Å². The van der Waals surface area contributed by atoms with Gasteiger partial charge in [0.2, 0.25) is 0 Å². The second-order valence-corrected chi connectivity index (χ2v) is 18.5. The van der Waals surface area contributed by atoms with Crippen molar-refractivity contribution >= 4 is 17.9 Å². The fraction of sp³-hybridized carbons (Fsp3) is 0.842. The fourth-order valence-electron chi connectivity index (χ4n) is 7.96. The lowest BCUT2D eigenvalue weighted by Gasteiger charge is -2.18. The zero-order valence-corrected chi connectivity index (χ0v) is 42.1. The molecule has 0 amide bonds. The lowest BCUT2D eigenvalue weighted by Crippen LogP contribution is -2.30. The van der Waals surface area contributed by atoms with Crippen LogP contribution in [0.1, 0.15) is 290 Å². The highest BCUT2D eigenvalue weighted by Gasteiger charge is 2.19. The van der Waals surface area contributed by atoms with E-state index >= 15 is 0 Å².